The molecule has 0 unspecified atom stereocenters. The third kappa shape index (κ3) is 3.46. The number of rotatable bonds is 4. The standard InChI is InChI=1S/C22H18FN5O2S/c23-15-4-1-5-16(14-15)28-20(29)18(17-6-2-13-31-17)19(21(28)30)26-9-11-27(12-10-26)22-24-7-3-8-25-22/h1-8,13-14H,9-12H2. The smallest absolute Gasteiger partial charge is 0.282 e. The summed E-state index contributed by atoms with van der Waals surface area (Å²) in [6.45, 7) is 2.32. The third-order valence-electron chi connectivity index (χ3n) is 5.32. The highest BCUT2D eigenvalue weighted by Crippen LogP contribution is 2.37. The molecule has 1 fully saturated rings. The molecule has 2 amide bonds. The van der Waals surface area contributed by atoms with Gasteiger partial charge in [0.2, 0.25) is 5.95 Å². The van der Waals surface area contributed by atoms with Crippen molar-refractivity contribution < 1.29 is 14.0 Å². The summed E-state index contributed by atoms with van der Waals surface area (Å²) in [6, 6.07) is 11.0. The molecule has 2 aliphatic heterocycles. The van der Waals surface area contributed by atoms with Gasteiger partial charge in [0.15, 0.2) is 0 Å². The zero-order chi connectivity index (χ0) is 21.4. The number of carbonyl (C=O) groups excluding carboxylic acids is 2. The molecule has 0 spiro atoms. The van der Waals surface area contributed by atoms with Crippen molar-refractivity contribution in [3.63, 3.8) is 0 Å². The first-order valence-electron chi connectivity index (χ1n) is 9.83. The van der Waals surface area contributed by atoms with Gasteiger partial charge in [0.05, 0.1) is 11.3 Å². The van der Waals surface area contributed by atoms with Crippen LogP contribution in [-0.2, 0) is 9.59 Å². The average molecular weight is 435 g/mol. The number of nitrogens with zero attached hydrogens (tertiary/aromatic N) is 5. The number of hydrogen-bond acceptors (Lipinski definition) is 7. The summed E-state index contributed by atoms with van der Waals surface area (Å²) < 4.78 is 13.8. The lowest BCUT2D eigenvalue weighted by Crippen LogP contribution is -2.48. The van der Waals surface area contributed by atoms with Crippen molar-refractivity contribution in [2.75, 3.05) is 36.0 Å². The van der Waals surface area contributed by atoms with Gasteiger partial charge in [-0.3, -0.25) is 9.59 Å². The normalized spacial score (nSPS) is 17.1. The predicted molar refractivity (Wildman–Crippen MR) is 116 cm³/mol. The van der Waals surface area contributed by atoms with Gasteiger partial charge in [-0.1, -0.05) is 12.1 Å². The molecular weight excluding hydrogens is 417 g/mol. The number of aromatic nitrogens is 2. The number of halogens is 1. The van der Waals surface area contributed by atoms with Crippen molar-refractivity contribution in [2.45, 2.75) is 0 Å². The van der Waals surface area contributed by atoms with Crippen LogP contribution >= 0.6 is 11.3 Å². The molecular formula is C22H18FN5O2S. The number of amides is 2. The van der Waals surface area contributed by atoms with E-state index in [-0.39, 0.29) is 5.69 Å². The quantitative estimate of drug-likeness (QED) is 0.587. The first-order valence-corrected chi connectivity index (χ1v) is 10.7. The monoisotopic (exact) mass is 435 g/mol. The maximum atomic E-state index is 13.8. The summed E-state index contributed by atoms with van der Waals surface area (Å²) in [4.78, 5) is 41.1. The van der Waals surface area contributed by atoms with E-state index in [9.17, 15) is 14.0 Å². The lowest BCUT2D eigenvalue weighted by atomic mass is 10.1. The molecule has 3 aromatic rings. The molecule has 156 valence electrons. The Morgan fingerprint density at radius 2 is 1.61 bits per heavy atom. The van der Waals surface area contributed by atoms with E-state index in [0.29, 0.717) is 43.4 Å². The fourth-order valence-electron chi connectivity index (χ4n) is 3.89. The lowest BCUT2D eigenvalue weighted by Gasteiger charge is -2.36. The number of carbonyl (C=O) groups is 2. The van der Waals surface area contributed by atoms with Crippen molar-refractivity contribution in [1.29, 1.82) is 0 Å². The number of anilines is 2. The van der Waals surface area contributed by atoms with Gasteiger partial charge in [-0.05, 0) is 35.7 Å². The second-order valence-corrected chi connectivity index (χ2v) is 8.10. The first-order chi connectivity index (χ1) is 15.1. The third-order valence-corrected chi connectivity index (χ3v) is 6.21. The van der Waals surface area contributed by atoms with Crippen molar-refractivity contribution >= 4 is 40.4 Å². The van der Waals surface area contributed by atoms with Crippen molar-refractivity contribution in [1.82, 2.24) is 14.9 Å². The van der Waals surface area contributed by atoms with Gasteiger partial charge in [-0.2, -0.15) is 0 Å². The molecule has 7 nitrogen and oxygen atoms in total. The molecule has 4 heterocycles. The lowest BCUT2D eigenvalue weighted by molar-refractivity contribution is -0.120. The summed E-state index contributed by atoms with van der Waals surface area (Å²) in [5.74, 6) is -0.712. The van der Waals surface area contributed by atoms with E-state index in [0.717, 1.165) is 9.78 Å². The second kappa shape index (κ2) is 7.92. The van der Waals surface area contributed by atoms with E-state index in [2.05, 4.69) is 9.97 Å². The number of benzene rings is 1. The Hall–Kier alpha value is -3.59. The molecule has 0 radical (unpaired) electrons. The second-order valence-electron chi connectivity index (χ2n) is 7.15. The zero-order valence-corrected chi connectivity index (χ0v) is 17.3. The van der Waals surface area contributed by atoms with Gasteiger partial charge in [-0.15, -0.1) is 11.3 Å². The van der Waals surface area contributed by atoms with Gasteiger partial charge in [0.1, 0.15) is 11.5 Å². The molecule has 1 aromatic carbocycles. The van der Waals surface area contributed by atoms with Crippen molar-refractivity contribution in [3.05, 3.63) is 76.6 Å². The van der Waals surface area contributed by atoms with Gasteiger partial charge >= 0.3 is 0 Å². The largest absolute Gasteiger partial charge is 0.363 e. The highest BCUT2D eigenvalue weighted by atomic mass is 32.1. The maximum Gasteiger partial charge on any atom is 0.282 e. The van der Waals surface area contributed by atoms with Crippen LogP contribution in [0.25, 0.3) is 5.57 Å². The van der Waals surface area contributed by atoms with Gasteiger partial charge in [0.25, 0.3) is 11.8 Å². The summed E-state index contributed by atoms with van der Waals surface area (Å²) in [6.07, 6.45) is 3.39. The number of hydrogen-bond donors (Lipinski definition) is 0. The van der Waals surface area contributed by atoms with Crippen LogP contribution in [0.1, 0.15) is 4.88 Å². The highest BCUT2D eigenvalue weighted by Gasteiger charge is 2.43. The average Bonchev–Trinajstić information content (AvgIpc) is 3.40. The number of thiophene rings is 1. The fraction of sp³-hybridized carbons (Fsp3) is 0.182. The van der Waals surface area contributed by atoms with E-state index in [4.69, 9.17) is 0 Å². The van der Waals surface area contributed by atoms with Crippen LogP contribution in [0.2, 0.25) is 0 Å². The van der Waals surface area contributed by atoms with E-state index in [1.54, 1.807) is 24.5 Å². The Morgan fingerprint density at radius 1 is 0.871 bits per heavy atom. The fourth-order valence-corrected chi connectivity index (χ4v) is 4.65. The number of imide groups is 1. The minimum Gasteiger partial charge on any atom is -0.363 e. The van der Waals surface area contributed by atoms with E-state index < -0.39 is 17.6 Å². The SMILES string of the molecule is O=C1C(c2cccs2)=C(N2CCN(c3ncccn3)CC2)C(=O)N1c1cccc(F)c1. The molecule has 31 heavy (non-hydrogen) atoms. The first kappa shape index (κ1) is 19.4. The maximum absolute atomic E-state index is 13.8. The van der Waals surface area contributed by atoms with Crippen molar-refractivity contribution in [3.8, 4) is 0 Å². The molecule has 1 saturated heterocycles. The number of piperazine rings is 1. The van der Waals surface area contributed by atoms with E-state index in [1.807, 2.05) is 27.3 Å². The van der Waals surface area contributed by atoms with Crippen LogP contribution in [0, 0.1) is 5.82 Å². The molecule has 0 N–H and O–H groups in total. The molecule has 0 bridgehead atoms. The Labute approximate surface area is 182 Å². The van der Waals surface area contributed by atoms with Crippen LogP contribution < -0.4 is 9.80 Å². The van der Waals surface area contributed by atoms with Gasteiger partial charge in [-0.25, -0.2) is 19.3 Å². The summed E-state index contributed by atoms with van der Waals surface area (Å²) >= 11 is 1.40. The molecule has 9 heteroatoms. The van der Waals surface area contributed by atoms with Crippen LogP contribution in [-0.4, -0.2) is 52.9 Å². The zero-order valence-electron chi connectivity index (χ0n) is 16.4. The molecule has 0 saturated carbocycles. The molecule has 0 atom stereocenters. The van der Waals surface area contributed by atoms with E-state index in [1.165, 1.54) is 29.5 Å². The minimum atomic E-state index is -0.499. The predicted octanol–water partition coefficient (Wildman–Crippen LogP) is 2.78. The summed E-state index contributed by atoms with van der Waals surface area (Å²) in [7, 11) is 0. The molecule has 2 aliphatic rings. The van der Waals surface area contributed by atoms with Crippen molar-refractivity contribution in [2.24, 2.45) is 0 Å². The van der Waals surface area contributed by atoms with Gasteiger partial charge < -0.3 is 9.80 Å². The Balaban J connectivity index is 1.48. The van der Waals surface area contributed by atoms with E-state index >= 15 is 0 Å². The highest BCUT2D eigenvalue weighted by molar-refractivity contribution is 7.11. The molecule has 5 rings (SSSR count). The Morgan fingerprint density at radius 3 is 2.29 bits per heavy atom. The summed E-state index contributed by atoms with van der Waals surface area (Å²) in [5, 5.41) is 1.87. The van der Waals surface area contributed by atoms with Crippen LogP contribution in [0.4, 0.5) is 16.0 Å². The van der Waals surface area contributed by atoms with Gasteiger partial charge in [0, 0.05) is 43.4 Å². The Kier molecular flexibility index (Phi) is 4.95. The Bertz CT molecular complexity index is 1160. The molecule has 0 aliphatic carbocycles. The van der Waals surface area contributed by atoms with Crippen LogP contribution in [0.3, 0.4) is 0 Å². The van der Waals surface area contributed by atoms with Crippen LogP contribution in [0.15, 0.2) is 65.9 Å². The summed E-state index contributed by atoms with van der Waals surface area (Å²) in [5.41, 5.74) is 0.967. The topological polar surface area (TPSA) is 69.6 Å². The van der Waals surface area contributed by atoms with Crippen LogP contribution in [0.5, 0.6) is 0 Å². The molecule has 2 aromatic heterocycles. The minimum absolute atomic E-state index is 0.232.